The van der Waals surface area contributed by atoms with E-state index >= 15 is 0 Å². The summed E-state index contributed by atoms with van der Waals surface area (Å²) in [4.78, 5) is 6.35. The lowest BCUT2D eigenvalue weighted by Gasteiger charge is -2.27. The van der Waals surface area contributed by atoms with Gasteiger partial charge in [0.05, 0.1) is 5.56 Å². The highest BCUT2D eigenvalue weighted by Crippen LogP contribution is 2.16. The lowest BCUT2D eigenvalue weighted by atomic mass is 10.2. The van der Waals surface area contributed by atoms with Crippen LogP contribution in [0.5, 0.6) is 0 Å². The molecule has 1 aromatic heterocycles. The fourth-order valence-corrected chi connectivity index (χ4v) is 1.55. The third-order valence-electron chi connectivity index (χ3n) is 2.26. The first-order valence-electron chi connectivity index (χ1n) is 4.65. The highest BCUT2D eigenvalue weighted by molar-refractivity contribution is 5.53. The number of hydrogen-bond donors (Lipinski definition) is 0. The Kier molecular flexibility index (Phi) is 2.61. The summed E-state index contributed by atoms with van der Waals surface area (Å²) in [6.45, 7) is 3.40. The zero-order valence-electron chi connectivity index (χ0n) is 7.85. The van der Waals surface area contributed by atoms with Gasteiger partial charge in [0.25, 0.3) is 0 Å². The summed E-state index contributed by atoms with van der Waals surface area (Å²) in [6.07, 6.45) is 1.72. The fourth-order valence-electron chi connectivity index (χ4n) is 1.55. The molecule has 2 heterocycles. The Morgan fingerprint density at radius 2 is 2.14 bits per heavy atom. The second kappa shape index (κ2) is 4.07. The van der Waals surface area contributed by atoms with E-state index in [1.165, 1.54) is 0 Å². The number of hydrogen-bond acceptors (Lipinski definition) is 3. The highest BCUT2D eigenvalue weighted by Gasteiger charge is 2.14. The number of pyridine rings is 1. The van der Waals surface area contributed by atoms with Gasteiger partial charge in [0.2, 0.25) is 0 Å². The molecule has 0 bridgehead atoms. The molecule has 1 aliphatic heterocycles. The van der Waals surface area contributed by atoms with Crippen LogP contribution in [0, 0.1) is 11.3 Å². The van der Waals surface area contributed by atoms with E-state index < -0.39 is 0 Å². The van der Waals surface area contributed by atoms with Crippen LogP contribution in [0.1, 0.15) is 5.56 Å². The van der Waals surface area contributed by atoms with Gasteiger partial charge < -0.3 is 4.90 Å². The number of anilines is 1. The van der Waals surface area contributed by atoms with Crippen LogP contribution in [0.15, 0.2) is 18.3 Å². The maximum Gasteiger partial charge on any atom is 0.146 e. The topological polar surface area (TPSA) is 54.0 Å². The summed E-state index contributed by atoms with van der Waals surface area (Å²) in [5.41, 5.74) is 0.648. The Balaban J connectivity index is 2.26. The van der Waals surface area contributed by atoms with Gasteiger partial charge in [-0.1, -0.05) is 0 Å². The molecule has 0 saturated carbocycles. The van der Waals surface area contributed by atoms with E-state index in [2.05, 4.69) is 21.3 Å². The molecule has 0 N–H and O–H groups in total. The van der Waals surface area contributed by atoms with Gasteiger partial charge in [0, 0.05) is 32.4 Å². The SMILES string of the molecule is N#Cc1cccnc1N1CC[N]CC1. The summed E-state index contributed by atoms with van der Waals surface area (Å²) >= 11 is 0. The third kappa shape index (κ3) is 1.68. The minimum atomic E-state index is 0.648. The van der Waals surface area contributed by atoms with E-state index in [0.717, 1.165) is 32.0 Å². The van der Waals surface area contributed by atoms with Crippen LogP contribution in [0.4, 0.5) is 5.82 Å². The fraction of sp³-hybridized carbons (Fsp3) is 0.400. The van der Waals surface area contributed by atoms with E-state index in [1.54, 1.807) is 18.3 Å². The molecule has 71 valence electrons. The smallest absolute Gasteiger partial charge is 0.146 e. The van der Waals surface area contributed by atoms with Crippen molar-refractivity contribution in [3.8, 4) is 6.07 Å². The number of nitrogens with zero attached hydrogens (tertiary/aromatic N) is 4. The summed E-state index contributed by atoms with van der Waals surface area (Å²) < 4.78 is 0. The van der Waals surface area contributed by atoms with Crippen molar-refractivity contribution in [2.45, 2.75) is 0 Å². The minimum Gasteiger partial charge on any atom is -0.353 e. The van der Waals surface area contributed by atoms with Gasteiger partial charge in [-0.3, -0.25) is 0 Å². The molecule has 1 fully saturated rings. The molecule has 0 unspecified atom stereocenters. The molecular formula is C10H11N4. The number of nitriles is 1. The molecule has 14 heavy (non-hydrogen) atoms. The van der Waals surface area contributed by atoms with Crippen LogP contribution < -0.4 is 10.2 Å². The van der Waals surface area contributed by atoms with E-state index in [1.807, 2.05) is 0 Å². The molecule has 0 aliphatic carbocycles. The summed E-state index contributed by atoms with van der Waals surface area (Å²) in [5.74, 6) is 0.796. The van der Waals surface area contributed by atoms with Gasteiger partial charge in [-0.15, -0.1) is 0 Å². The van der Waals surface area contributed by atoms with Crippen molar-refractivity contribution < 1.29 is 0 Å². The maximum absolute atomic E-state index is 8.91. The monoisotopic (exact) mass is 187 g/mol. The van der Waals surface area contributed by atoms with Crippen LogP contribution in [0.25, 0.3) is 0 Å². The van der Waals surface area contributed by atoms with Gasteiger partial charge in [-0.25, -0.2) is 10.3 Å². The lowest BCUT2D eigenvalue weighted by molar-refractivity contribution is 0.575. The van der Waals surface area contributed by atoms with Crippen molar-refractivity contribution in [3.63, 3.8) is 0 Å². The molecule has 1 aromatic rings. The first-order valence-corrected chi connectivity index (χ1v) is 4.65. The van der Waals surface area contributed by atoms with Gasteiger partial charge in [-0.2, -0.15) is 5.26 Å². The Bertz CT molecular complexity index is 349. The van der Waals surface area contributed by atoms with Crippen molar-refractivity contribution in [1.29, 1.82) is 5.26 Å². The molecule has 1 saturated heterocycles. The molecule has 1 aliphatic rings. The van der Waals surface area contributed by atoms with Gasteiger partial charge in [0.15, 0.2) is 0 Å². The standard InChI is InChI=1S/C10H11N4/c11-8-9-2-1-3-13-10(9)14-6-4-12-5-7-14/h1-3H,4-7H2. The van der Waals surface area contributed by atoms with Crippen LogP contribution in [0.3, 0.4) is 0 Å². The second-order valence-corrected chi connectivity index (χ2v) is 3.14. The molecule has 2 rings (SSSR count). The highest BCUT2D eigenvalue weighted by atomic mass is 15.2. The number of piperazine rings is 1. The summed E-state index contributed by atoms with van der Waals surface area (Å²) in [5, 5.41) is 13.2. The third-order valence-corrected chi connectivity index (χ3v) is 2.26. The molecule has 0 aromatic carbocycles. The Labute approximate surface area is 83.2 Å². The van der Waals surface area contributed by atoms with Crippen molar-refractivity contribution in [3.05, 3.63) is 23.9 Å². The van der Waals surface area contributed by atoms with Gasteiger partial charge in [-0.05, 0) is 12.1 Å². The summed E-state index contributed by atoms with van der Waals surface area (Å²) in [6, 6.07) is 5.75. The summed E-state index contributed by atoms with van der Waals surface area (Å²) in [7, 11) is 0. The zero-order valence-corrected chi connectivity index (χ0v) is 7.85. The van der Waals surface area contributed by atoms with Crippen LogP contribution in [0.2, 0.25) is 0 Å². The van der Waals surface area contributed by atoms with Crippen LogP contribution >= 0.6 is 0 Å². The Morgan fingerprint density at radius 3 is 2.86 bits per heavy atom. The average Bonchev–Trinajstić information content (AvgIpc) is 2.30. The lowest BCUT2D eigenvalue weighted by Crippen LogP contribution is -2.41. The Hall–Kier alpha value is -1.60. The maximum atomic E-state index is 8.91. The van der Waals surface area contributed by atoms with Crippen molar-refractivity contribution in [1.82, 2.24) is 10.3 Å². The van der Waals surface area contributed by atoms with Crippen molar-refractivity contribution >= 4 is 5.82 Å². The predicted octanol–water partition coefficient (Wildman–Crippen LogP) is 0.378. The number of aromatic nitrogens is 1. The molecule has 4 nitrogen and oxygen atoms in total. The van der Waals surface area contributed by atoms with Gasteiger partial charge in [0.1, 0.15) is 11.9 Å². The normalized spacial score (nSPS) is 16.4. The molecule has 4 heteroatoms. The first-order chi connectivity index (χ1) is 6.92. The zero-order chi connectivity index (χ0) is 9.80. The minimum absolute atomic E-state index is 0.648. The second-order valence-electron chi connectivity index (χ2n) is 3.14. The molecule has 1 radical (unpaired) electrons. The van der Waals surface area contributed by atoms with E-state index in [4.69, 9.17) is 5.26 Å². The Morgan fingerprint density at radius 1 is 1.36 bits per heavy atom. The van der Waals surface area contributed by atoms with E-state index in [-0.39, 0.29) is 0 Å². The largest absolute Gasteiger partial charge is 0.353 e. The predicted molar refractivity (Wildman–Crippen MR) is 53.0 cm³/mol. The van der Waals surface area contributed by atoms with Crippen LogP contribution in [-0.2, 0) is 0 Å². The quantitative estimate of drug-likeness (QED) is 0.638. The first kappa shape index (κ1) is 8.97. The average molecular weight is 187 g/mol. The molecule has 0 amide bonds. The van der Waals surface area contributed by atoms with Crippen molar-refractivity contribution in [2.75, 3.05) is 31.1 Å². The molecule has 0 spiro atoms. The van der Waals surface area contributed by atoms with E-state index in [9.17, 15) is 0 Å². The van der Waals surface area contributed by atoms with Gasteiger partial charge >= 0.3 is 0 Å². The molecular weight excluding hydrogens is 176 g/mol. The van der Waals surface area contributed by atoms with E-state index in [0.29, 0.717) is 5.56 Å². The van der Waals surface area contributed by atoms with Crippen LogP contribution in [-0.4, -0.2) is 31.2 Å². The van der Waals surface area contributed by atoms with Crippen molar-refractivity contribution in [2.24, 2.45) is 0 Å². The molecule has 0 atom stereocenters. The number of rotatable bonds is 1.